The van der Waals surface area contributed by atoms with Crippen LogP contribution in [-0.2, 0) is 0 Å². The van der Waals surface area contributed by atoms with E-state index in [1.807, 2.05) is 0 Å². The van der Waals surface area contributed by atoms with Gasteiger partial charge in [0.1, 0.15) is 18.0 Å². The van der Waals surface area contributed by atoms with Crippen molar-refractivity contribution in [2.24, 2.45) is 5.92 Å². The second kappa shape index (κ2) is 7.46. The highest BCUT2D eigenvalue weighted by Crippen LogP contribution is 2.33. The molecule has 0 unspecified atom stereocenters. The quantitative estimate of drug-likeness (QED) is 0.669. The maximum absolute atomic E-state index is 4.44. The Hall–Kier alpha value is -1.32. The molecule has 0 aromatic carbocycles. The summed E-state index contributed by atoms with van der Waals surface area (Å²) >= 11 is 0. The summed E-state index contributed by atoms with van der Waals surface area (Å²) in [5.74, 6) is 3.42. The molecule has 4 heteroatoms. The Morgan fingerprint density at radius 3 is 2.35 bits per heavy atom. The van der Waals surface area contributed by atoms with Crippen molar-refractivity contribution >= 4 is 11.6 Å². The van der Waals surface area contributed by atoms with E-state index in [1.165, 1.54) is 31.2 Å². The standard InChI is InChI=1S/C16H28N4/c1-4-9-17-15-14(12(2)3)16(20-11-19-15)18-10-5-6-13-7-8-13/h11-13H,4-10H2,1-3H3,(H2,17,18,19,20). The topological polar surface area (TPSA) is 49.8 Å². The molecule has 2 N–H and O–H groups in total. The molecule has 1 aliphatic rings. The summed E-state index contributed by atoms with van der Waals surface area (Å²) in [5, 5.41) is 6.92. The third-order valence-electron chi connectivity index (χ3n) is 3.78. The number of hydrogen-bond acceptors (Lipinski definition) is 4. The second-order valence-corrected chi connectivity index (χ2v) is 6.08. The van der Waals surface area contributed by atoms with Gasteiger partial charge in [0.25, 0.3) is 0 Å². The molecule has 1 fully saturated rings. The van der Waals surface area contributed by atoms with Gasteiger partial charge in [0.2, 0.25) is 0 Å². The molecule has 0 aliphatic heterocycles. The number of nitrogens with zero attached hydrogens (tertiary/aromatic N) is 2. The average molecular weight is 276 g/mol. The van der Waals surface area contributed by atoms with E-state index in [0.29, 0.717) is 5.92 Å². The zero-order valence-electron chi connectivity index (χ0n) is 13.1. The summed E-state index contributed by atoms with van der Waals surface area (Å²) in [6, 6.07) is 0. The minimum atomic E-state index is 0.418. The molecule has 0 atom stereocenters. The van der Waals surface area contributed by atoms with Crippen LogP contribution in [0.25, 0.3) is 0 Å². The largest absolute Gasteiger partial charge is 0.370 e. The fourth-order valence-electron chi connectivity index (χ4n) is 2.47. The van der Waals surface area contributed by atoms with Gasteiger partial charge in [0.15, 0.2) is 0 Å². The Bertz CT molecular complexity index is 413. The predicted molar refractivity (Wildman–Crippen MR) is 85.3 cm³/mol. The van der Waals surface area contributed by atoms with Crippen molar-refractivity contribution in [3.63, 3.8) is 0 Å². The molecule has 0 radical (unpaired) electrons. The smallest absolute Gasteiger partial charge is 0.134 e. The Morgan fingerprint density at radius 1 is 1.15 bits per heavy atom. The summed E-state index contributed by atoms with van der Waals surface area (Å²) in [5.41, 5.74) is 1.22. The van der Waals surface area contributed by atoms with Crippen molar-refractivity contribution in [1.82, 2.24) is 9.97 Å². The van der Waals surface area contributed by atoms with Gasteiger partial charge in [0, 0.05) is 18.7 Å². The lowest BCUT2D eigenvalue weighted by atomic mass is 10.0. The molecule has 2 rings (SSSR count). The van der Waals surface area contributed by atoms with Crippen LogP contribution in [0, 0.1) is 5.92 Å². The zero-order valence-corrected chi connectivity index (χ0v) is 13.1. The van der Waals surface area contributed by atoms with Crippen LogP contribution in [0.5, 0.6) is 0 Å². The molecule has 1 saturated carbocycles. The monoisotopic (exact) mass is 276 g/mol. The van der Waals surface area contributed by atoms with E-state index in [4.69, 9.17) is 0 Å². The van der Waals surface area contributed by atoms with Gasteiger partial charge in [-0.25, -0.2) is 9.97 Å². The van der Waals surface area contributed by atoms with E-state index in [2.05, 4.69) is 41.4 Å². The van der Waals surface area contributed by atoms with Gasteiger partial charge >= 0.3 is 0 Å². The first kappa shape index (κ1) is 15.1. The summed E-state index contributed by atoms with van der Waals surface area (Å²) < 4.78 is 0. The molecule has 0 bridgehead atoms. The van der Waals surface area contributed by atoms with Crippen LogP contribution >= 0.6 is 0 Å². The van der Waals surface area contributed by atoms with Crippen molar-refractivity contribution in [2.45, 2.75) is 58.8 Å². The highest BCUT2D eigenvalue weighted by molar-refractivity contribution is 5.58. The average Bonchev–Trinajstić information content (AvgIpc) is 3.25. The van der Waals surface area contributed by atoms with E-state index in [9.17, 15) is 0 Å². The Labute approximate surface area is 122 Å². The van der Waals surface area contributed by atoms with Gasteiger partial charge in [-0.05, 0) is 31.1 Å². The molecule has 1 aromatic heterocycles. The fourth-order valence-corrected chi connectivity index (χ4v) is 2.47. The fraction of sp³-hybridized carbons (Fsp3) is 0.750. The first-order valence-corrected chi connectivity index (χ1v) is 8.05. The Kier molecular flexibility index (Phi) is 5.62. The van der Waals surface area contributed by atoms with Crippen molar-refractivity contribution < 1.29 is 0 Å². The minimum Gasteiger partial charge on any atom is -0.370 e. The van der Waals surface area contributed by atoms with E-state index >= 15 is 0 Å². The summed E-state index contributed by atoms with van der Waals surface area (Å²) in [6.45, 7) is 8.54. The predicted octanol–water partition coefficient (Wildman–Crippen LogP) is 4.02. The molecular formula is C16H28N4. The van der Waals surface area contributed by atoms with Crippen LogP contribution in [0.3, 0.4) is 0 Å². The van der Waals surface area contributed by atoms with Crippen molar-refractivity contribution in [2.75, 3.05) is 23.7 Å². The first-order valence-electron chi connectivity index (χ1n) is 8.05. The van der Waals surface area contributed by atoms with E-state index in [-0.39, 0.29) is 0 Å². The van der Waals surface area contributed by atoms with Crippen LogP contribution in [0.15, 0.2) is 6.33 Å². The zero-order chi connectivity index (χ0) is 14.4. The normalized spacial score (nSPS) is 14.6. The van der Waals surface area contributed by atoms with Gasteiger partial charge < -0.3 is 10.6 Å². The van der Waals surface area contributed by atoms with Gasteiger partial charge in [-0.3, -0.25) is 0 Å². The molecule has 20 heavy (non-hydrogen) atoms. The summed E-state index contributed by atoms with van der Waals surface area (Å²) in [6.07, 6.45) is 8.24. The van der Waals surface area contributed by atoms with Crippen LogP contribution in [0.4, 0.5) is 11.6 Å². The molecular weight excluding hydrogens is 248 g/mol. The molecule has 0 spiro atoms. The van der Waals surface area contributed by atoms with Crippen molar-refractivity contribution in [3.05, 3.63) is 11.9 Å². The number of aromatic nitrogens is 2. The molecule has 0 amide bonds. The minimum absolute atomic E-state index is 0.418. The molecule has 1 aliphatic carbocycles. The highest BCUT2D eigenvalue weighted by Gasteiger charge is 2.20. The lowest BCUT2D eigenvalue weighted by Gasteiger charge is -2.17. The first-order chi connectivity index (χ1) is 9.72. The van der Waals surface area contributed by atoms with Crippen LogP contribution in [-0.4, -0.2) is 23.1 Å². The van der Waals surface area contributed by atoms with Crippen LogP contribution in [0.2, 0.25) is 0 Å². The molecule has 1 aromatic rings. The maximum Gasteiger partial charge on any atom is 0.134 e. The van der Waals surface area contributed by atoms with Gasteiger partial charge in [0.05, 0.1) is 0 Å². The van der Waals surface area contributed by atoms with Crippen LogP contribution in [0.1, 0.15) is 64.4 Å². The number of nitrogens with one attached hydrogen (secondary N) is 2. The van der Waals surface area contributed by atoms with Crippen molar-refractivity contribution in [3.8, 4) is 0 Å². The number of hydrogen-bond donors (Lipinski definition) is 2. The summed E-state index contributed by atoms with van der Waals surface area (Å²) in [4.78, 5) is 8.84. The van der Waals surface area contributed by atoms with E-state index in [0.717, 1.165) is 37.1 Å². The van der Waals surface area contributed by atoms with Gasteiger partial charge in [-0.1, -0.05) is 33.6 Å². The number of anilines is 2. The summed E-state index contributed by atoms with van der Waals surface area (Å²) in [7, 11) is 0. The molecule has 4 nitrogen and oxygen atoms in total. The van der Waals surface area contributed by atoms with Gasteiger partial charge in [-0.2, -0.15) is 0 Å². The van der Waals surface area contributed by atoms with Crippen molar-refractivity contribution in [1.29, 1.82) is 0 Å². The van der Waals surface area contributed by atoms with E-state index < -0.39 is 0 Å². The molecule has 1 heterocycles. The third-order valence-corrected chi connectivity index (χ3v) is 3.78. The van der Waals surface area contributed by atoms with Crippen LogP contribution < -0.4 is 10.6 Å². The highest BCUT2D eigenvalue weighted by atomic mass is 15.1. The molecule has 112 valence electrons. The molecule has 0 saturated heterocycles. The third kappa shape index (κ3) is 4.36. The SMILES string of the molecule is CCCNc1ncnc(NCCCC2CC2)c1C(C)C. The number of rotatable bonds is 9. The lowest BCUT2D eigenvalue weighted by Crippen LogP contribution is -2.12. The Balaban J connectivity index is 1.97. The second-order valence-electron chi connectivity index (χ2n) is 6.08. The van der Waals surface area contributed by atoms with Gasteiger partial charge in [-0.15, -0.1) is 0 Å². The van der Waals surface area contributed by atoms with E-state index in [1.54, 1.807) is 6.33 Å². The maximum atomic E-state index is 4.44. The lowest BCUT2D eigenvalue weighted by molar-refractivity contribution is 0.685. The Morgan fingerprint density at radius 2 is 1.80 bits per heavy atom.